The second-order valence-electron chi connectivity index (χ2n) is 26.4. The third kappa shape index (κ3) is 22.3. The Morgan fingerprint density at radius 2 is 1.25 bits per heavy atom. The Hall–Kier alpha value is -5.00. The monoisotopic (exact) mass is 1160 g/mol. The summed E-state index contributed by atoms with van der Waals surface area (Å²) in [4.78, 5) is 82.1. The third-order valence-electron chi connectivity index (χ3n) is 12.9. The van der Waals surface area contributed by atoms with E-state index < -0.39 is 156 Å². The van der Waals surface area contributed by atoms with Gasteiger partial charge in [0.2, 0.25) is 12.2 Å². The first-order valence-corrected chi connectivity index (χ1v) is 27.6. The van der Waals surface area contributed by atoms with E-state index in [0.717, 1.165) is 4.90 Å². The molecule has 0 aromatic rings. The van der Waals surface area contributed by atoms with Crippen LogP contribution in [0.2, 0.25) is 0 Å². The second-order valence-corrected chi connectivity index (χ2v) is 26.4. The number of carbonyl (C=O) groups excluding carboxylic acids is 6. The maximum absolute atomic E-state index is 14.2. The van der Waals surface area contributed by atoms with Crippen molar-refractivity contribution in [2.45, 2.75) is 243 Å². The largest absolute Gasteiger partial charge is 0.466 e. The molecule has 1 unspecified atom stereocenters. The van der Waals surface area contributed by atoms with Gasteiger partial charge >= 0.3 is 30.5 Å². The number of nitrogens with zero attached hydrogens (tertiary/aromatic N) is 2. The molecule has 1 saturated heterocycles. The molecule has 4 aliphatic rings. The van der Waals surface area contributed by atoms with Crippen LogP contribution in [-0.2, 0) is 47.4 Å². The van der Waals surface area contributed by atoms with Crippen LogP contribution in [0.25, 0.3) is 0 Å². The first kappa shape index (κ1) is 68.5. The lowest BCUT2D eigenvalue weighted by Gasteiger charge is -2.48. The van der Waals surface area contributed by atoms with Gasteiger partial charge in [-0.3, -0.25) is 4.79 Å². The second kappa shape index (κ2) is 27.6. The lowest BCUT2D eigenvalue weighted by molar-refractivity contribution is -0.276. The number of ether oxygens (including phenoxy) is 9. The molecular weight excluding hydrogens is 1070 g/mol. The highest BCUT2D eigenvalue weighted by atomic mass is 16.7. The Kier molecular flexibility index (Phi) is 23.3. The number of nitrogens with one attached hydrogen (secondary N) is 5. The minimum atomic E-state index is -1.95. The zero-order valence-corrected chi connectivity index (χ0v) is 50.4. The van der Waals surface area contributed by atoms with Crippen LogP contribution in [-0.4, -0.2) is 225 Å². The summed E-state index contributed by atoms with van der Waals surface area (Å²) < 4.78 is 53.0. The normalized spacial score (nSPS) is 27.0. The van der Waals surface area contributed by atoms with Gasteiger partial charge in [0.25, 0.3) is 0 Å². The summed E-state index contributed by atoms with van der Waals surface area (Å²) in [5, 5.41) is 71.6. The molecule has 27 heteroatoms. The van der Waals surface area contributed by atoms with Crippen LogP contribution in [0.3, 0.4) is 0 Å². The van der Waals surface area contributed by atoms with E-state index in [9.17, 15) is 54.3 Å². The van der Waals surface area contributed by atoms with Crippen LogP contribution in [0.4, 0.5) is 24.0 Å². The molecule has 2 aliphatic carbocycles. The molecule has 6 amide bonds. The molecule has 81 heavy (non-hydrogen) atoms. The standard InChI is InChI=1S/C54H95N7O20/c1-29(60(17)47(70)80-52(11,12)13)36(63)43(73-21-20-62)76-39-34(57-41(66)37(64)30-26-61(27-30)48(71)81-53(14,15)16)22-35(59-46(69)79-51(8,9)10)40(38(39)65)75-42-33(58-45(68)78-50(5,6)7)19-18-32(74-42)25-55-28-54(72)23-31(24-54)56-44(67)77-49(2,3)4/h18,29-31,33-40,42-43,55,62-65,72H,19-28H2,1-17H3,(H,56,67)(H,57,66)(H,58,68)(H,59,69)/t29-,31?,33+,34+,35-,36+,37?,38+,39-,40+,42+,43+,54?/m0/s1. The topological polar surface area (TPSA) is 353 Å². The molecule has 10 N–H and O–H groups in total. The predicted octanol–water partition coefficient (Wildman–Crippen LogP) is 2.61. The average molecular weight is 1160 g/mol. The van der Waals surface area contributed by atoms with E-state index in [2.05, 4.69) is 26.6 Å². The van der Waals surface area contributed by atoms with Crippen LogP contribution < -0.4 is 26.6 Å². The number of likely N-dealkylation sites (N-methyl/N-ethyl adjacent to an activating group) is 1. The average Bonchev–Trinajstić information content (AvgIpc) is 3.46. The molecular formula is C54H95N7O20. The fourth-order valence-corrected chi connectivity index (χ4v) is 9.09. The molecule has 0 aromatic carbocycles. The van der Waals surface area contributed by atoms with Crippen LogP contribution in [0.5, 0.6) is 0 Å². The number of hydrogen-bond donors (Lipinski definition) is 10. The van der Waals surface area contributed by atoms with Crippen LogP contribution >= 0.6 is 0 Å². The Balaban J connectivity index is 1.72. The Labute approximate surface area is 476 Å². The van der Waals surface area contributed by atoms with E-state index in [4.69, 9.17) is 42.6 Å². The van der Waals surface area contributed by atoms with Crippen molar-refractivity contribution < 1.29 is 96.9 Å². The van der Waals surface area contributed by atoms with Crippen LogP contribution in [0.1, 0.15) is 136 Å². The Morgan fingerprint density at radius 3 is 1.77 bits per heavy atom. The Bertz CT molecular complexity index is 2160. The molecule has 27 nitrogen and oxygen atoms in total. The molecule has 4 rings (SSSR count). The van der Waals surface area contributed by atoms with E-state index in [0.29, 0.717) is 0 Å². The van der Waals surface area contributed by atoms with Gasteiger partial charge in [0.1, 0.15) is 64.3 Å². The smallest absolute Gasteiger partial charge is 0.410 e. The van der Waals surface area contributed by atoms with Gasteiger partial charge in [0.05, 0.1) is 49.5 Å². The van der Waals surface area contributed by atoms with Gasteiger partial charge in [-0.1, -0.05) is 0 Å². The zero-order chi connectivity index (χ0) is 61.4. The number of aliphatic hydroxyl groups is 5. The van der Waals surface area contributed by atoms with Crippen molar-refractivity contribution in [1.29, 1.82) is 0 Å². The Morgan fingerprint density at radius 1 is 0.741 bits per heavy atom. The molecule has 11 atom stereocenters. The molecule has 2 aliphatic heterocycles. The summed E-state index contributed by atoms with van der Waals surface area (Å²) in [5.74, 6) is -1.43. The lowest BCUT2D eigenvalue weighted by Crippen LogP contribution is -2.69. The number of rotatable bonds is 20. The maximum atomic E-state index is 14.2. The number of likely N-dealkylation sites (tertiary alicyclic amines) is 1. The highest BCUT2D eigenvalue weighted by Crippen LogP contribution is 2.35. The van der Waals surface area contributed by atoms with Gasteiger partial charge in [-0.05, 0) is 143 Å². The van der Waals surface area contributed by atoms with Gasteiger partial charge in [0.15, 0.2) is 6.29 Å². The van der Waals surface area contributed by atoms with Crippen molar-refractivity contribution >= 4 is 36.4 Å². The highest BCUT2D eigenvalue weighted by Gasteiger charge is 2.52. The van der Waals surface area contributed by atoms with Crippen molar-refractivity contribution in [3.63, 3.8) is 0 Å². The summed E-state index contributed by atoms with van der Waals surface area (Å²) in [5.41, 5.74) is -5.59. The summed E-state index contributed by atoms with van der Waals surface area (Å²) in [6.07, 6.45) is -14.0. The van der Waals surface area contributed by atoms with Crippen LogP contribution in [0, 0.1) is 5.92 Å². The molecule has 0 bridgehead atoms. The molecule has 2 saturated carbocycles. The number of alkyl carbamates (subject to hydrolysis) is 3. The molecule has 466 valence electrons. The van der Waals surface area contributed by atoms with Gasteiger partial charge in [-0.25, -0.2) is 24.0 Å². The predicted molar refractivity (Wildman–Crippen MR) is 290 cm³/mol. The van der Waals surface area contributed by atoms with Crippen LogP contribution in [0.15, 0.2) is 11.8 Å². The van der Waals surface area contributed by atoms with E-state index in [1.165, 1.54) is 18.9 Å². The number of amides is 6. The summed E-state index contributed by atoms with van der Waals surface area (Å²) in [6.45, 7) is 25.7. The third-order valence-corrected chi connectivity index (χ3v) is 12.9. The molecule has 2 heterocycles. The summed E-state index contributed by atoms with van der Waals surface area (Å²) in [6, 6.07) is -5.18. The highest BCUT2D eigenvalue weighted by molar-refractivity contribution is 5.82. The van der Waals surface area contributed by atoms with Crippen molar-refractivity contribution in [1.82, 2.24) is 36.4 Å². The van der Waals surface area contributed by atoms with E-state index in [1.54, 1.807) is 110 Å². The number of hydrogen-bond acceptors (Lipinski definition) is 21. The van der Waals surface area contributed by atoms with E-state index >= 15 is 0 Å². The van der Waals surface area contributed by atoms with Gasteiger partial charge in [0, 0.05) is 38.6 Å². The first-order chi connectivity index (χ1) is 37.0. The lowest BCUT2D eigenvalue weighted by atomic mass is 9.75. The van der Waals surface area contributed by atoms with Gasteiger partial charge < -0.3 is 105 Å². The minimum absolute atomic E-state index is 0.0225. The van der Waals surface area contributed by atoms with Crippen molar-refractivity contribution in [3.05, 3.63) is 11.8 Å². The van der Waals surface area contributed by atoms with Crippen molar-refractivity contribution in [2.75, 3.05) is 46.4 Å². The first-order valence-electron chi connectivity index (χ1n) is 27.6. The number of aliphatic hydroxyl groups excluding tert-OH is 4. The zero-order valence-electron chi connectivity index (χ0n) is 50.4. The number of carbonyl (C=O) groups is 6. The molecule has 0 radical (unpaired) electrons. The van der Waals surface area contributed by atoms with E-state index in [1.807, 2.05) is 0 Å². The molecule has 0 aromatic heterocycles. The fourth-order valence-electron chi connectivity index (χ4n) is 9.09. The van der Waals surface area contributed by atoms with E-state index in [-0.39, 0.29) is 63.7 Å². The van der Waals surface area contributed by atoms with Gasteiger partial charge in [-0.15, -0.1) is 0 Å². The summed E-state index contributed by atoms with van der Waals surface area (Å²) in [7, 11) is 1.37. The summed E-state index contributed by atoms with van der Waals surface area (Å²) >= 11 is 0. The molecule has 3 fully saturated rings. The quantitative estimate of drug-likeness (QED) is 0.0619. The fraction of sp³-hybridized carbons (Fsp3) is 0.852. The van der Waals surface area contributed by atoms with Crippen molar-refractivity contribution in [3.8, 4) is 0 Å². The molecule has 0 spiro atoms. The maximum Gasteiger partial charge on any atom is 0.410 e. The van der Waals surface area contributed by atoms with Crippen molar-refractivity contribution in [2.24, 2.45) is 5.92 Å². The SMILES string of the molecule is C[C@@H]([C@@H](O)[C@H](OCCO)O[C@@H]1[C@@H](O)[C@H](O[C@H]2OC(CNCC3(O)CC(NC(=O)OC(C)(C)C)C3)=CC[C@H]2NC(=O)OC(C)(C)C)[C@@H](NC(=O)OC(C)(C)C)C[C@H]1NC(=O)C(O)C1CN(C(=O)OC(C)(C)C)C1)N(C)C(=O)OC(C)(C)C. The minimum Gasteiger partial charge on any atom is -0.466 e. The van der Waals surface area contributed by atoms with Gasteiger partial charge in [-0.2, -0.15) is 0 Å².